The highest BCUT2D eigenvalue weighted by Gasteiger charge is 2.25. The molecule has 0 saturated carbocycles. The number of unbranched alkanes of at least 4 members (excludes halogenated alkanes) is 6. The summed E-state index contributed by atoms with van der Waals surface area (Å²) in [6.45, 7) is 6.44. The molecular weight excluding hydrogens is 424 g/mol. The summed E-state index contributed by atoms with van der Waals surface area (Å²) in [5.74, 6) is -1.77. The van der Waals surface area contributed by atoms with Crippen LogP contribution >= 0.6 is 0 Å². The summed E-state index contributed by atoms with van der Waals surface area (Å²) in [5.41, 5.74) is -1.08. The molecule has 0 radical (unpaired) electrons. The third kappa shape index (κ3) is 11.7. The Kier molecular flexibility index (Phi) is 12.4. The molecule has 0 spiro atoms. The van der Waals surface area contributed by atoms with E-state index in [2.05, 4.69) is 6.92 Å². The van der Waals surface area contributed by atoms with Gasteiger partial charge in [0.15, 0.2) is 5.78 Å². The maximum atomic E-state index is 12.2. The number of carbonyl (C=O) groups excluding carboxylic acids is 2. The maximum Gasteiger partial charge on any atom is 0.334 e. The number of esters is 1. The Morgan fingerprint density at radius 3 is 2.12 bits per heavy atom. The lowest BCUT2D eigenvalue weighted by Crippen LogP contribution is -2.31. The fourth-order valence-electron chi connectivity index (χ4n) is 3.26. The van der Waals surface area contributed by atoms with Crippen LogP contribution in [0.15, 0.2) is 35.9 Å². The highest BCUT2D eigenvalue weighted by Crippen LogP contribution is 2.20. The lowest BCUT2D eigenvalue weighted by Gasteiger charge is -2.20. The zero-order chi connectivity index (χ0) is 24.9. The van der Waals surface area contributed by atoms with E-state index in [-0.39, 0.29) is 18.0 Å². The number of benzene rings is 1. The van der Waals surface area contributed by atoms with Crippen LogP contribution in [-0.4, -0.2) is 46.2 Å². The van der Waals surface area contributed by atoms with Crippen molar-refractivity contribution < 1.29 is 34.1 Å². The van der Waals surface area contributed by atoms with Crippen LogP contribution in [0.4, 0.5) is 0 Å². The minimum absolute atomic E-state index is 0.00616. The van der Waals surface area contributed by atoms with Crippen LogP contribution in [0, 0.1) is 0 Å². The molecule has 0 bridgehead atoms. The number of carboxylic acids is 1. The molecular formula is C26H38O7. The fourth-order valence-corrected chi connectivity index (χ4v) is 3.26. The van der Waals surface area contributed by atoms with Crippen molar-refractivity contribution in [3.63, 3.8) is 0 Å². The average Bonchev–Trinajstić information content (AvgIpc) is 2.75. The number of carboxylic acid groups (broad SMARTS) is 1. The van der Waals surface area contributed by atoms with Gasteiger partial charge in [-0.1, -0.05) is 45.4 Å². The second-order valence-corrected chi connectivity index (χ2v) is 8.83. The average molecular weight is 463 g/mol. The molecule has 0 saturated heterocycles. The Morgan fingerprint density at radius 1 is 1.00 bits per heavy atom. The van der Waals surface area contributed by atoms with Gasteiger partial charge in [0.05, 0.1) is 0 Å². The summed E-state index contributed by atoms with van der Waals surface area (Å²) in [5, 5.41) is 18.7. The summed E-state index contributed by atoms with van der Waals surface area (Å²) in [6.07, 6.45) is 9.07. The number of carbonyl (C=O) groups is 3. The first kappa shape index (κ1) is 28.4. The second kappa shape index (κ2) is 14.5. The number of hydrogen-bond donors (Lipinski definition) is 2. The van der Waals surface area contributed by atoms with Gasteiger partial charge in [-0.05, 0) is 57.9 Å². The first-order valence-corrected chi connectivity index (χ1v) is 11.7. The van der Waals surface area contributed by atoms with Crippen molar-refractivity contribution in [2.24, 2.45) is 0 Å². The van der Waals surface area contributed by atoms with E-state index >= 15 is 0 Å². The van der Waals surface area contributed by atoms with Gasteiger partial charge in [-0.3, -0.25) is 4.79 Å². The number of aliphatic carboxylic acids is 1. The summed E-state index contributed by atoms with van der Waals surface area (Å²) in [7, 11) is 0. The SMILES string of the molecule is CCCCCCCCCC(COC(=O)/C(C)=C\C(=O)O)Oc1ccc(C(=O)C(C)(C)O)cc1. The number of aliphatic hydroxyl groups is 1. The molecule has 33 heavy (non-hydrogen) atoms. The minimum Gasteiger partial charge on any atom is -0.487 e. The molecule has 0 amide bonds. The molecule has 184 valence electrons. The monoisotopic (exact) mass is 462 g/mol. The van der Waals surface area contributed by atoms with E-state index in [9.17, 15) is 19.5 Å². The summed E-state index contributed by atoms with van der Waals surface area (Å²) < 4.78 is 11.3. The second-order valence-electron chi connectivity index (χ2n) is 8.83. The van der Waals surface area contributed by atoms with Gasteiger partial charge in [-0.25, -0.2) is 9.59 Å². The first-order chi connectivity index (χ1) is 15.5. The predicted molar refractivity (Wildman–Crippen MR) is 126 cm³/mol. The van der Waals surface area contributed by atoms with Crippen molar-refractivity contribution in [2.45, 2.75) is 90.8 Å². The van der Waals surface area contributed by atoms with E-state index in [0.29, 0.717) is 17.7 Å². The smallest absolute Gasteiger partial charge is 0.334 e. The van der Waals surface area contributed by atoms with Crippen LogP contribution in [0.2, 0.25) is 0 Å². The zero-order valence-corrected chi connectivity index (χ0v) is 20.3. The number of Topliss-reactive ketones (excluding diaryl/α,β-unsaturated/α-hetero) is 1. The molecule has 0 aliphatic carbocycles. The van der Waals surface area contributed by atoms with E-state index in [1.165, 1.54) is 46.5 Å². The molecule has 1 aromatic carbocycles. The highest BCUT2D eigenvalue weighted by molar-refractivity contribution is 6.01. The van der Waals surface area contributed by atoms with E-state index < -0.39 is 23.6 Å². The predicted octanol–water partition coefficient (Wildman–Crippen LogP) is 5.10. The summed E-state index contributed by atoms with van der Waals surface area (Å²) >= 11 is 0. The normalized spacial score (nSPS) is 12.8. The van der Waals surface area contributed by atoms with Gasteiger partial charge in [-0.15, -0.1) is 0 Å². The summed E-state index contributed by atoms with van der Waals surface area (Å²) in [6, 6.07) is 6.47. The number of hydrogen-bond acceptors (Lipinski definition) is 6. The van der Waals surface area contributed by atoms with E-state index in [1.54, 1.807) is 24.3 Å². The first-order valence-electron chi connectivity index (χ1n) is 11.7. The Balaban J connectivity index is 2.73. The molecule has 2 N–H and O–H groups in total. The topological polar surface area (TPSA) is 110 Å². The Morgan fingerprint density at radius 2 is 1.58 bits per heavy atom. The van der Waals surface area contributed by atoms with Gasteiger partial charge >= 0.3 is 11.9 Å². The van der Waals surface area contributed by atoms with Crippen LogP contribution in [0.3, 0.4) is 0 Å². The Hall–Kier alpha value is -2.67. The van der Waals surface area contributed by atoms with E-state index in [1.807, 2.05) is 0 Å². The van der Waals surface area contributed by atoms with Crippen LogP contribution in [-0.2, 0) is 14.3 Å². The highest BCUT2D eigenvalue weighted by atomic mass is 16.6. The molecule has 1 atom stereocenters. The molecule has 0 aromatic heterocycles. The lowest BCUT2D eigenvalue weighted by atomic mass is 9.97. The largest absolute Gasteiger partial charge is 0.487 e. The van der Waals surface area contributed by atoms with E-state index in [4.69, 9.17) is 14.6 Å². The van der Waals surface area contributed by atoms with Crippen molar-refractivity contribution in [1.29, 1.82) is 0 Å². The van der Waals surface area contributed by atoms with Crippen molar-refractivity contribution >= 4 is 17.7 Å². The standard InChI is InChI=1S/C26H38O7/c1-5-6-7-8-9-10-11-12-22(18-32-25(30)19(2)17-23(27)28)33-21-15-13-20(14-16-21)24(29)26(3,4)31/h13-17,22,31H,5-12,18H2,1-4H3,(H,27,28)/b19-17-. The van der Waals surface area contributed by atoms with E-state index in [0.717, 1.165) is 25.3 Å². The molecule has 0 fully saturated rings. The van der Waals surface area contributed by atoms with Crippen LogP contribution < -0.4 is 4.74 Å². The van der Waals surface area contributed by atoms with Crippen molar-refractivity contribution in [3.8, 4) is 5.75 Å². The van der Waals surface area contributed by atoms with Crippen molar-refractivity contribution in [3.05, 3.63) is 41.5 Å². The number of rotatable bonds is 16. The number of ether oxygens (including phenoxy) is 2. The van der Waals surface area contributed by atoms with Gasteiger partial charge in [0.2, 0.25) is 0 Å². The molecule has 1 aromatic rings. The fraction of sp³-hybridized carbons (Fsp3) is 0.577. The Bertz CT molecular complexity index is 788. The molecule has 0 heterocycles. The van der Waals surface area contributed by atoms with Crippen molar-refractivity contribution in [2.75, 3.05) is 6.61 Å². The van der Waals surface area contributed by atoms with Gasteiger partial charge in [0.25, 0.3) is 0 Å². The van der Waals surface area contributed by atoms with Gasteiger partial charge in [-0.2, -0.15) is 0 Å². The number of ketones is 1. The van der Waals surface area contributed by atoms with Gasteiger partial charge in [0, 0.05) is 17.2 Å². The third-order valence-electron chi connectivity index (χ3n) is 5.17. The summed E-state index contributed by atoms with van der Waals surface area (Å²) in [4.78, 5) is 35.0. The molecule has 7 nitrogen and oxygen atoms in total. The molecule has 1 rings (SSSR count). The van der Waals surface area contributed by atoms with Gasteiger partial charge < -0.3 is 19.7 Å². The maximum absolute atomic E-state index is 12.2. The molecule has 0 aliphatic rings. The van der Waals surface area contributed by atoms with Crippen LogP contribution in [0.5, 0.6) is 5.75 Å². The van der Waals surface area contributed by atoms with Crippen LogP contribution in [0.25, 0.3) is 0 Å². The molecule has 1 unspecified atom stereocenters. The van der Waals surface area contributed by atoms with Gasteiger partial charge in [0.1, 0.15) is 24.1 Å². The quantitative estimate of drug-likeness (QED) is 0.152. The minimum atomic E-state index is -1.46. The van der Waals surface area contributed by atoms with Crippen molar-refractivity contribution in [1.82, 2.24) is 0 Å². The zero-order valence-electron chi connectivity index (χ0n) is 20.3. The molecule has 0 aliphatic heterocycles. The molecule has 7 heteroatoms. The van der Waals surface area contributed by atoms with Crippen LogP contribution in [0.1, 0.15) is 89.4 Å². The lowest BCUT2D eigenvalue weighted by molar-refractivity contribution is -0.142. The third-order valence-corrected chi connectivity index (χ3v) is 5.17. The Labute approximate surface area is 196 Å².